The molecule has 0 saturated heterocycles. The number of rotatable bonds is 11. The minimum Gasteiger partial charge on any atom is -0.310 e. The van der Waals surface area contributed by atoms with Crippen LogP contribution in [0.15, 0.2) is 133 Å². The zero-order valence-corrected chi connectivity index (χ0v) is 42.8. The van der Waals surface area contributed by atoms with Gasteiger partial charge < -0.3 is 9.80 Å². The van der Waals surface area contributed by atoms with Crippen LogP contribution >= 0.6 is 0 Å². The van der Waals surface area contributed by atoms with E-state index in [-0.39, 0.29) is 5.41 Å². The van der Waals surface area contributed by atoms with E-state index in [9.17, 15) is 0 Å². The van der Waals surface area contributed by atoms with Gasteiger partial charge in [0.25, 0.3) is 0 Å². The third kappa shape index (κ3) is 8.38. The Morgan fingerprint density at radius 1 is 0.381 bits per heavy atom. The Hall–Kier alpha value is -5.17. The predicted molar refractivity (Wildman–Crippen MR) is 286 cm³/mol. The second-order valence-corrected chi connectivity index (χ2v) is 32.3. The Balaban J connectivity index is 1.47. The lowest BCUT2D eigenvalue weighted by Gasteiger charge is -2.32. The molecule has 0 aromatic heterocycles. The maximum Gasteiger partial charge on any atom is 0.0775 e. The van der Waals surface area contributed by atoms with E-state index >= 15 is 0 Å². The highest BCUT2D eigenvalue weighted by atomic mass is 28.3. The van der Waals surface area contributed by atoms with Crippen molar-refractivity contribution in [2.24, 2.45) is 0 Å². The summed E-state index contributed by atoms with van der Waals surface area (Å²) >= 11 is 0. The minimum absolute atomic E-state index is 0.0622. The van der Waals surface area contributed by atoms with Gasteiger partial charge in [-0.3, -0.25) is 0 Å². The smallest absolute Gasteiger partial charge is 0.0775 e. The normalized spacial score (nSPS) is 12.8. The van der Waals surface area contributed by atoms with E-state index in [1.54, 1.807) is 0 Å². The van der Waals surface area contributed by atoms with E-state index < -0.39 is 16.1 Å². The van der Waals surface area contributed by atoms with Crippen LogP contribution in [0.4, 0.5) is 34.1 Å². The third-order valence-corrected chi connectivity index (χ3v) is 17.6. The first-order valence-corrected chi connectivity index (χ1v) is 30.4. The average Bonchev–Trinajstić information content (AvgIpc) is 3.23. The molecular formula is C59H70N2Si2. The van der Waals surface area contributed by atoms with E-state index in [2.05, 4.69) is 245 Å². The van der Waals surface area contributed by atoms with Gasteiger partial charge in [-0.15, -0.1) is 0 Å². The molecule has 0 saturated carbocycles. The molecule has 63 heavy (non-hydrogen) atoms. The lowest BCUT2D eigenvalue weighted by molar-refractivity contribution is 0.590. The molecule has 0 atom stereocenters. The molecule has 324 valence electrons. The first-order valence-electron chi connectivity index (χ1n) is 23.4. The number of hydrogen-bond donors (Lipinski definition) is 0. The Morgan fingerprint density at radius 3 is 1.00 bits per heavy atom. The van der Waals surface area contributed by atoms with Crippen molar-refractivity contribution >= 4 is 93.0 Å². The monoisotopic (exact) mass is 863 g/mol. The van der Waals surface area contributed by atoms with Crippen molar-refractivity contribution in [3.05, 3.63) is 156 Å². The highest BCUT2D eigenvalue weighted by Crippen LogP contribution is 2.51. The van der Waals surface area contributed by atoms with Crippen LogP contribution in [0, 0.1) is 0 Å². The van der Waals surface area contributed by atoms with Crippen LogP contribution in [0.2, 0.25) is 39.3 Å². The van der Waals surface area contributed by atoms with Crippen LogP contribution in [-0.2, 0) is 5.41 Å². The number of benzene rings is 8. The molecule has 0 amide bonds. The molecule has 4 heteroatoms. The van der Waals surface area contributed by atoms with Gasteiger partial charge in [0.2, 0.25) is 0 Å². The molecule has 0 radical (unpaired) electrons. The molecule has 0 N–H and O–H groups in total. The summed E-state index contributed by atoms with van der Waals surface area (Å²) in [6.07, 6.45) is 0. The van der Waals surface area contributed by atoms with Crippen LogP contribution in [0.5, 0.6) is 0 Å². The lowest BCUT2D eigenvalue weighted by Crippen LogP contribution is -2.37. The van der Waals surface area contributed by atoms with Gasteiger partial charge in [0, 0.05) is 33.5 Å². The van der Waals surface area contributed by atoms with Crippen molar-refractivity contribution in [3.63, 3.8) is 0 Å². The SMILES string of the molecule is CC(C)c1ccc(N(c2ccc([Si](C)(C)C)cc2)c2cc(C(C)C)c3ccc4c(N(c5ccc(C(C)(C)C)cc5)c5ccc([Si](C)(C)C)cc5)cc(C(C)C)c5ccc2c3c54)cc1. The maximum absolute atomic E-state index is 2.53. The summed E-state index contributed by atoms with van der Waals surface area (Å²) in [6, 6.07) is 52.4. The standard InChI is InChI=1S/C59H70N2Si2/c1-38(2)41-16-20-43(21-17-41)60(45-24-28-47(29-25-45)62(10,11)12)55-36-53(39(3)4)49-33-35-52-56(37-54(40(5)6)50-32-34-51(55)57(49)58(50)52)61(44-22-18-42(19-23-44)59(7,8)9)46-26-30-48(31-27-46)63(13,14)15/h16-40H,1-15H3. The second-order valence-electron chi connectivity index (χ2n) is 22.2. The summed E-state index contributed by atoms with van der Waals surface area (Å²) < 4.78 is 0. The Morgan fingerprint density at radius 2 is 0.698 bits per heavy atom. The molecular weight excluding hydrogens is 793 g/mol. The van der Waals surface area contributed by atoms with Crippen molar-refractivity contribution in [1.82, 2.24) is 0 Å². The van der Waals surface area contributed by atoms with Gasteiger partial charge in [-0.1, -0.05) is 185 Å². The average molecular weight is 863 g/mol. The van der Waals surface area contributed by atoms with Crippen molar-refractivity contribution in [3.8, 4) is 0 Å². The summed E-state index contributed by atoms with van der Waals surface area (Å²) in [6.45, 7) is 35.5. The first kappa shape index (κ1) is 44.4. The van der Waals surface area contributed by atoms with Crippen LogP contribution < -0.4 is 20.2 Å². The van der Waals surface area contributed by atoms with Gasteiger partial charge in [0.05, 0.1) is 27.5 Å². The van der Waals surface area contributed by atoms with E-state index in [0.29, 0.717) is 17.8 Å². The fourth-order valence-corrected chi connectivity index (χ4v) is 11.9. The van der Waals surface area contributed by atoms with Crippen molar-refractivity contribution in [2.75, 3.05) is 9.80 Å². The van der Waals surface area contributed by atoms with Crippen LogP contribution in [-0.4, -0.2) is 16.1 Å². The molecule has 0 bridgehead atoms. The Labute approximate surface area is 381 Å². The summed E-state index contributed by atoms with van der Waals surface area (Å²) in [5.74, 6) is 1.10. The van der Waals surface area contributed by atoms with Gasteiger partial charge in [0.1, 0.15) is 0 Å². The number of anilines is 6. The van der Waals surface area contributed by atoms with Crippen LogP contribution in [0.3, 0.4) is 0 Å². The zero-order chi connectivity index (χ0) is 45.3. The molecule has 0 aliphatic heterocycles. The van der Waals surface area contributed by atoms with E-state index in [1.807, 2.05) is 0 Å². The summed E-state index contributed by atoms with van der Waals surface area (Å²) in [5, 5.41) is 10.9. The fourth-order valence-electron chi connectivity index (χ4n) is 9.53. The summed E-state index contributed by atoms with van der Waals surface area (Å²) in [7, 11) is -3.01. The third-order valence-electron chi connectivity index (χ3n) is 13.4. The molecule has 0 aliphatic carbocycles. The Bertz CT molecular complexity index is 2830. The minimum atomic E-state index is -1.51. The highest BCUT2D eigenvalue weighted by molar-refractivity contribution is 6.89. The van der Waals surface area contributed by atoms with E-state index in [1.165, 1.54) is 99.1 Å². The molecule has 0 unspecified atom stereocenters. The van der Waals surface area contributed by atoms with Crippen molar-refractivity contribution < 1.29 is 0 Å². The quantitative estimate of drug-likeness (QED) is 0.0944. The zero-order valence-electron chi connectivity index (χ0n) is 40.8. The van der Waals surface area contributed by atoms with Gasteiger partial charge in [-0.2, -0.15) is 0 Å². The number of hydrogen-bond acceptors (Lipinski definition) is 2. The van der Waals surface area contributed by atoms with Gasteiger partial charge in [-0.05, 0) is 128 Å². The largest absolute Gasteiger partial charge is 0.310 e. The van der Waals surface area contributed by atoms with Gasteiger partial charge in [-0.25, -0.2) is 0 Å². The first-order chi connectivity index (χ1) is 29.6. The summed E-state index contributed by atoms with van der Waals surface area (Å²) in [5.41, 5.74) is 12.7. The van der Waals surface area contributed by atoms with Crippen LogP contribution in [0.25, 0.3) is 32.3 Å². The fraction of sp³-hybridized carbons (Fsp3) is 0.322. The van der Waals surface area contributed by atoms with Crippen LogP contribution in [0.1, 0.15) is 102 Å². The van der Waals surface area contributed by atoms with E-state index in [4.69, 9.17) is 0 Å². The second kappa shape index (κ2) is 16.4. The molecule has 8 aromatic rings. The maximum atomic E-state index is 2.53. The number of nitrogens with zero attached hydrogens (tertiary/aromatic N) is 2. The van der Waals surface area contributed by atoms with Crippen molar-refractivity contribution in [2.45, 2.75) is 125 Å². The molecule has 0 fully saturated rings. The summed E-state index contributed by atoms with van der Waals surface area (Å²) in [4.78, 5) is 5.06. The molecule has 0 aliphatic rings. The molecule has 8 rings (SSSR count). The van der Waals surface area contributed by atoms with E-state index in [0.717, 1.165) is 0 Å². The molecule has 8 aromatic carbocycles. The highest BCUT2D eigenvalue weighted by Gasteiger charge is 2.27. The van der Waals surface area contributed by atoms with Gasteiger partial charge in [0.15, 0.2) is 0 Å². The molecule has 0 spiro atoms. The lowest BCUT2D eigenvalue weighted by atomic mass is 9.84. The Kier molecular flexibility index (Phi) is 11.6. The molecule has 2 nitrogen and oxygen atoms in total. The van der Waals surface area contributed by atoms with Gasteiger partial charge >= 0.3 is 0 Å². The predicted octanol–water partition coefficient (Wildman–Crippen LogP) is 17.3. The van der Waals surface area contributed by atoms with Crippen molar-refractivity contribution in [1.29, 1.82) is 0 Å². The topological polar surface area (TPSA) is 6.48 Å². The molecule has 0 heterocycles.